The lowest BCUT2D eigenvalue weighted by Crippen LogP contribution is -2.48. The Bertz CT molecular complexity index is 709. The fraction of sp³-hybridized carbons (Fsp3) is 0.600. The molecular formula is C20H28F3N3O3. The number of rotatable bonds is 5. The Morgan fingerprint density at radius 1 is 1.10 bits per heavy atom. The third-order valence-corrected chi connectivity index (χ3v) is 4.41. The summed E-state index contributed by atoms with van der Waals surface area (Å²) in [5.74, 6) is -0.0281. The predicted molar refractivity (Wildman–Crippen MR) is 104 cm³/mol. The SMILES string of the molecule is CC(C)(C)OC(=O)NCCCC(=O)N1CCN(c2cccc(C(F)(F)F)c2)CC1. The van der Waals surface area contributed by atoms with Crippen LogP contribution >= 0.6 is 0 Å². The number of piperazine rings is 1. The Kier molecular flexibility index (Phi) is 7.37. The van der Waals surface area contributed by atoms with E-state index in [0.717, 1.165) is 12.1 Å². The molecule has 0 aliphatic carbocycles. The number of benzene rings is 1. The van der Waals surface area contributed by atoms with Crippen molar-refractivity contribution in [3.63, 3.8) is 0 Å². The molecule has 1 aliphatic heterocycles. The van der Waals surface area contributed by atoms with Gasteiger partial charge in [0.05, 0.1) is 5.56 Å². The van der Waals surface area contributed by atoms with Gasteiger partial charge in [-0.1, -0.05) is 6.07 Å². The molecule has 29 heavy (non-hydrogen) atoms. The number of anilines is 1. The van der Waals surface area contributed by atoms with Crippen molar-refractivity contribution in [2.75, 3.05) is 37.6 Å². The number of carbonyl (C=O) groups is 2. The van der Waals surface area contributed by atoms with E-state index in [4.69, 9.17) is 4.74 Å². The number of ether oxygens (including phenoxy) is 1. The van der Waals surface area contributed by atoms with Gasteiger partial charge in [0, 0.05) is 44.8 Å². The van der Waals surface area contributed by atoms with Crippen LogP contribution in [0, 0.1) is 0 Å². The third-order valence-electron chi connectivity index (χ3n) is 4.41. The van der Waals surface area contributed by atoms with Crippen LogP contribution in [0.25, 0.3) is 0 Å². The highest BCUT2D eigenvalue weighted by atomic mass is 19.4. The summed E-state index contributed by atoms with van der Waals surface area (Å²) in [7, 11) is 0. The van der Waals surface area contributed by atoms with E-state index < -0.39 is 23.4 Å². The van der Waals surface area contributed by atoms with Crippen LogP contribution in [-0.4, -0.2) is 55.2 Å². The predicted octanol–water partition coefficient (Wildman–Crippen LogP) is 3.66. The molecule has 1 N–H and O–H groups in total. The molecule has 2 rings (SSSR count). The van der Waals surface area contributed by atoms with Crippen LogP contribution in [-0.2, 0) is 15.7 Å². The normalized spacial score (nSPS) is 15.2. The van der Waals surface area contributed by atoms with Gasteiger partial charge < -0.3 is 19.9 Å². The van der Waals surface area contributed by atoms with Crippen molar-refractivity contribution in [3.8, 4) is 0 Å². The minimum absolute atomic E-state index is 0.0281. The highest BCUT2D eigenvalue weighted by molar-refractivity contribution is 5.76. The number of halogens is 3. The Morgan fingerprint density at radius 2 is 1.76 bits per heavy atom. The first-order valence-corrected chi connectivity index (χ1v) is 9.62. The number of carbonyl (C=O) groups excluding carboxylic acids is 2. The lowest BCUT2D eigenvalue weighted by atomic mass is 10.1. The van der Waals surface area contributed by atoms with Crippen molar-refractivity contribution < 1.29 is 27.5 Å². The minimum atomic E-state index is -4.37. The van der Waals surface area contributed by atoms with Gasteiger partial charge in [0.2, 0.25) is 5.91 Å². The molecule has 1 fully saturated rings. The fourth-order valence-electron chi connectivity index (χ4n) is 3.00. The number of alkyl halides is 3. The van der Waals surface area contributed by atoms with Crippen molar-refractivity contribution in [2.45, 2.75) is 45.4 Å². The van der Waals surface area contributed by atoms with Gasteiger partial charge in [-0.3, -0.25) is 4.79 Å². The molecule has 0 spiro atoms. The van der Waals surface area contributed by atoms with Gasteiger partial charge in [0.15, 0.2) is 0 Å². The molecule has 162 valence electrons. The van der Waals surface area contributed by atoms with Gasteiger partial charge >= 0.3 is 12.3 Å². The van der Waals surface area contributed by atoms with Crippen LogP contribution < -0.4 is 10.2 Å². The summed E-state index contributed by atoms with van der Waals surface area (Å²) in [4.78, 5) is 27.4. The second kappa shape index (κ2) is 9.37. The average molecular weight is 415 g/mol. The number of alkyl carbamates (subject to hydrolysis) is 1. The van der Waals surface area contributed by atoms with Crippen molar-refractivity contribution in [1.29, 1.82) is 0 Å². The van der Waals surface area contributed by atoms with E-state index in [9.17, 15) is 22.8 Å². The second-order valence-corrected chi connectivity index (χ2v) is 7.95. The first-order chi connectivity index (χ1) is 13.5. The summed E-state index contributed by atoms with van der Waals surface area (Å²) in [5.41, 5.74) is -0.737. The summed E-state index contributed by atoms with van der Waals surface area (Å²) in [6.45, 7) is 7.51. The number of nitrogens with zero attached hydrogens (tertiary/aromatic N) is 2. The smallest absolute Gasteiger partial charge is 0.416 e. The summed E-state index contributed by atoms with van der Waals surface area (Å²) in [6, 6.07) is 5.23. The maximum atomic E-state index is 12.9. The molecule has 1 aromatic rings. The standard InChI is InChI=1S/C20H28F3N3O3/c1-19(2,3)29-18(28)24-9-5-8-17(27)26-12-10-25(11-13-26)16-7-4-6-15(14-16)20(21,22)23/h4,6-7,14H,5,8-13H2,1-3H3,(H,24,28). The molecule has 1 aliphatic rings. The second-order valence-electron chi connectivity index (χ2n) is 7.95. The zero-order chi connectivity index (χ0) is 21.7. The van der Waals surface area contributed by atoms with Gasteiger partial charge in [-0.05, 0) is 45.4 Å². The number of nitrogens with one attached hydrogen (secondary N) is 1. The van der Waals surface area contributed by atoms with E-state index >= 15 is 0 Å². The zero-order valence-corrected chi connectivity index (χ0v) is 17.0. The molecule has 0 unspecified atom stereocenters. The first-order valence-electron chi connectivity index (χ1n) is 9.62. The van der Waals surface area contributed by atoms with Crippen molar-refractivity contribution >= 4 is 17.7 Å². The quantitative estimate of drug-likeness (QED) is 0.746. The van der Waals surface area contributed by atoms with Crippen LogP contribution in [0.4, 0.5) is 23.7 Å². The van der Waals surface area contributed by atoms with Crippen LogP contribution in [0.5, 0.6) is 0 Å². The zero-order valence-electron chi connectivity index (χ0n) is 17.0. The maximum Gasteiger partial charge on any atom is 0.416 e. The molecule has 1 aromatic carbocycles. The molecule has 1 heterocycles. The minimum Gasteiger partial charge on any atom is -0.444 e. The van der Waals surface area contributed by atoms with Gasteiger partial charge in [-0.2, -0.15) is 13.2 Å². The topological polar surface area (TPSA) is 61.9 Å². The Balaban J connectivity index is 1.74. The first kappa shape index (κ1) is 22.8. The summed E-state index contributed by atoms with van der Waals surface area (Å²) in [5, 5.41) is 2.61. The van der Waals surface area contributed by atoms with Crippen molar-refractivity contribution in [1.82, 2.24) is 10.2 Å². The highest BCUT2D eigenvalue weighted by Crippen LogP contribution is 2.31. The average Bonchev–Trinajstić information content (AvgIpc) is 2.63. The van der Waals surface area contributed by atoms with E-state index in [2.05, 4.69) is 5.32 Å². The lowest BCUT2D eigenvalue weighted by molar-refractivity contribution is -0.137. The summed E-state index contributed by atoms with van der Waals surface area (Å²) < 4.78 is 43.8. The van der Waals surface area contributed by atoms with Crippen LogP contribution in [0.3, 0.4) is 0 Å². The Morgan fingerprint density at radius 3 is 2.34 bits per heavy atom. The molecular weight excluding hydrogens is 387 g/mol. The lowest BCUT2D eigenvalue weighted by Gasteiger charge is -2.36. The number of hydrogen-bond acceptors (Lipinski definition) is 4. The largest absolute Gasteiger partial charge is 0.444 e. The van der Waals surface area contributed by atoms with Crippen LogP contribution in [0.1, 0.15) is 39.2 Å². The van der Waals surface area contributed by atoms with E-state index in [1.165, 1.54) is 6.07 Å². The molecule has 2 amide bonds. The molecule has 0 bridgehead atoms. The molecule has 1 saturated heterocycles. The van der Waals surface area contributed by atoms with Crippen molar-refractivity contribution in [2.24, 2.45) is 0 Å². The van der Waals surface area contributed by atoms with Crippen LogP contribution in [0.2, 0.25) is 0 Å². The summed E-state index contributed by atoms with van der Waals surface area (Å²) in [6.07, 6.45) is -4.11. The molecule has 0 radical (unpaired) electrons. The highest BCUT2D eigenvalue weighted by Gasteiger charge is 2.31. The Hall–Kier alpha value is -2.45. The molecule has 0 saturated carbocycles. The molecule has 9 heteroatoms. The van der Waals surface area contributed by atoms with Gasteiger partial charge in [0.25, 0.3) is 0 Å². The van der Waals surface area contributed by atoms with E-state index in [-0.39, 0.29) is 5.91 Å². The number of hydrogen-bond donors (Lipinski definition) is 1. The Labute approximate surface area is 169 Å². The van der Waals surface area contributed by atoms with E-state index in [1.807, 2.05) is 4.90 Å². The number of amides is 2. The van der Waals surface area contributed by atoms with Crippen LogP contribution in [0.15, 0.2) is 24.3 Å². The molecule has 0 atom stereocenters. The van der Waals surface area contributed by atoms with Gasteiger partial charge in [-0.25, -0.2) is 4.79 Å². The molecule has 6 nitrogen and oxygen atoms in total. The monoisotopic (exact) mass is 415 g/mol. The maximum absolute atomic E-state index is 12.9. The fourth-order valence-corrected chi connectivity index (χ4v) is 3.00. The van der Waals surface area contributed by atoms with E-state index in [1.54, 1.807) is 31.7 Å². The van der Waals surface area contributed by atoms with Crippen molar-refractivity contribution in [3.05, 3.63) is 29.8 Å². The van der Waals surface area contributed by atoms with Gasteiger partial charge in [-0.15, -0.1) is 0 Å². The summed E-state index contributed by atoms with van der Waals surface area (Å²) >= 11 is 0. The van der Waals surface area contributed by atoms with E-state index in [0.29, 0.717) is 51.3 Å². The van der Waals surface area contributed by atoms with Gasteiger partial charge in [0.1, 0.15) is 5.60 Å². The third kappa shape index (κ3) is 7.47. The molecule has 0 aromatic heterocycles.